The molecule has 1 amide bonds. The molecule has 1 heterocycles. The van der Waals surface area contributed by atoms with Crippen LogP contribution in [0.3, 0.4) is 0 Å². The molecule has 1 saturated heterocycles. The zero-order valence-corrected chi connectivity index (χ0v) is 11.9. The van der Waals surface area contributed by atoms with Gasteiger partial charge in [-0.3, -0.25) is 9.69 Å². The number of likely N-dealkylation sites (tertiary alicyclic amines) is 1. The maximum atomic E-state index is 11.9. The fraction of sp³-hybridized carbons (Fsp3) is 0.533. The van der Waals surface area contributed by atoms with E-state index in [0.717, 1.165) is 30.9 Å². The lowest BCUT2D eigenvalue weighted by Crippen LogP contribution is -2.29. The third-order valence-electron chi connectivity index (χ3n) is 3.64. The van der Waals surface area contributed by atoms with E-state index in [1.807, 2.05) is 12.1 Å². The fourth-order valence-electron chi connectivity index (χ4n) is 2.49. The third-order valence-corrected chi connectivity index (χ3v) is 3.64. The van der Waals surface area contributed by atoms with Crippen LogP contribution >= 0.6 is 0 Å². The van der Waals surface area contributed by atoms with Crippen molar-refractivity contribution in [2.45, 2.75) is 25.8 Å². The van der Waals surface area contributed by atoms with Crippen LogP contribution in [0.5, 0.6) is 0 Å². The van der Waals surface area contributed by atoms with Crippen LogP contribution in [-0.4, -0.2) is 42.9 Å². The van der Waals surface area contributed by atoms with E-state index in [1.54, 1.807) is 25.1 Å². The molecule has 1 aliphatic heterocycles. The highest BCUT2D eigenvalue weighted by molar-refractivity contribution is 5.94. The Labute approximate surface area is 115 Å². The molecule has 1 aromatic carbocycles. The first kappa shape index (κ1) is 13.9. The van der Waals surface area contributed by atoms with Crippen LogP contribution in [0, 0.1) is 0 Å². The van der Waals surface area contributed by atoms with Gasteiger partial charge in [-0.1, -0.05) is 12.5 Å². The van der Waals surface area contributed by atoms with E-state index in [1.165, 1.54) is 19.3 Å². The van der Waals surface area contributed by atoms with Crippen molar-refractivity contribution in [2.24, 2.45) is 0 Å². The Hall–Kier alpha value is -1.55. The summed E-state index contributed by atoms with van der Waals surface area (Å²) >= 11 is 0. The Morgan fingerprint density at radius 1 is 1.26 bits per heavy atom. The van der Waals surface area contributed by atoms with E-state index >= 15 is 0 Å². The number of hydrogen-bond donors (Lipinski definition) is 1. The van der Waals surface area contributed by atoms with E-state index in [-0.39, 0.29) is 5.91 Å². The molecule has 0 saturated carbocycles. The first-order valence-corrected chi connectivity index (χ1v) is 6.90. The van der Waals surface area contributed by atoms with Crippen LogP contribution in [0.25, 0.3) is 0 Å². The van der Waals surface area contributed by atoms with Gasteiger partial charge in [0.2, 0.25) is 0 Å². The highest BCUT2D eigenvalue weighted by Gasteiger charge is 2.14. The minimum atomic E-state index is -0.00350. The standard InChI is InChI=1S/C15H23N3O/c1-17(2)15(19)12-6-7-13(14(16)10-12)11-18-8-4-3-5-9-18/h6-7,10H,3-5,8-9,11,16H2,1-2H3. The average Bonchev–Trinajstić information content (AvgIpc) is 2.41. The van der Waals surface area contributed by atoms with Crippen molar-refractivity contribution in [3.63, 3.8) is 0 Å². The Kier molecular flexibility index (Phi) is 4.43. The van der Waals surface area contributed by atoms with Crippen molar-refractivity contribution in [1.29, 1.82) is 0 Å². The van der Waals surface area contributed by atoms with Crippen molar-refractivity contribution < 1.29 is 4.79 Å². The van der Waals surface area contributed by atoms with Gasteiger partial charge in [-0.05, 0) is 43.6 Å². The van der Waals surface area contributed by atoms with Crippen molar-refractivity contribution in [3.8, 4) is 0 Å². The highest BCUT2D eigenvalue weighted by Crippen LogP contribution is 2.19. The molecule has 1 aromatic rings. The van der Waals surface area contributed by atoms with Crippen molar-refractivity contribution >= 4 is 11.6 Å². The summed E-state index contributed by atoms with van der Waals surface area (Å²) in [5.41, 5.74) is 8.58. The van der Waals surface area contributed by atoms with Crippen LogP contribution in [0.1, 0.15) is 35.2 Å². The van der Waals surface area contributed by atoms with E-state index in [9.17, 15) is 4.79 Å². The molecule has 0 bridgehead atoms. The molecule has 4 heteroatoms. The third kappa shape index (κ3) is 3.47. The molecule has 104 valence electrons. The summed E-state index contributed by atoms with van der Waals surface area (Å²) in [6.07, 6.45) is 3.89. The summed E-state index contributed by atoms with van der Waals surface area (Å²) in [5.74, 6) is -0.00350. The minimum absolute atomic E-state index is 0.00350. The van der Waals surface area contributed by atoms with Gasteiger partial charge in [-0.2, -0.15) is 0 Å². The molecule has 0 radical (unpaired) electrons. The fourth-order valence-corrected chi connectivity index (χ4v) is 2.49. The van der Waals surface area contributed by atoms with Gasteiger partial charge in [0.1, 0.15) is 0 Å². The SMILES string of the molecule is CN(C)C(=O)c1ccc(CN2CCCCC2)c(N)c1. The number of piperidine rings is 1. The summed E-state index contributed by atoms with van der Waals surface area (Å²) < 4.78 is 0. The van der Waals surface area contributed by atoms with Gasteiger partial charge in [0.15, 0.2) is 0 Å². The molecule has 4 nitrogen and oxygen atoms in total. The second-order valence-corrected chi connectivity index (χ2v) is 5.45. The quantitative estimate of drug-likeness (QED) is 0.846. The first-order chi connectivity index (χ1) is 9.08. The number of rotatable bonds is 3. The van der Waals surface area contributed by atoms with Gasteiger partial charge in [0.05, 0.1) is 0 Å². The molecular formula is C15H23N3O. The van der Waals surface area contributed by atoms with Crippen LogP contribution in [-0.2, 0) is 6.54 Å². The molecule has 2 N–H and O–H groups in total. The number of carbonyl (C=O) groups excluding carboxylic acids is 1. The highest BCUT2D eigenvalue weighted by atomic mass is 16.2. The lowest BCUT2D eigenvalue weighted by atomic mass is 10.1. The number of anilines is 1. The Bertz CT molecular complexity index is 451. The molecule has 0 unspecified atom stereocenters. The Balaban J connectivity index is 2.08. The van der Waals surface area contributed by atoms with Gasteiger partial charge in [-0.25, -0.2) is 0 Å². The maximum absolute atomic E-state index is 11.9. The summed E-state index contributed by atoms with van der Waals surface area (Å²) in [6, 6.07) is 5.65. The van der Waals surface area contributed by atoms with Gasteiger partial charge in [0, 0.05) is 31.9 Å². The van der Waals surface area contributed by atoms with Crippen molar-refractivity contribution in [2.75, 3.05) is 32.9 Å². The second-order valence-electron chi connectivity index (χ2n) is 5.45. The normalized spacial score (nSPS) is 16.3. The largest absolute Gasteiger partial charge is 0.398 e. The number of nitrogens with two attached hydrogens (primary N) is 1. The monoisotopic (exact) mass is 261 g/mol. The molecule has 1 fully saturated rings. The molecule has 0 aromatic heterocycles. The molecular weight excluding hydrogens is 238 g/mol. The number of carbonyl (C=O) groups is 1. The molecule has 2 rings (SSSR count). The number of nitrogens with zero attached hydrogens (tertiary/aromatic N) is 2. The summed E-state index contributed by atoms with van der Waals surface area (Å²) in [7, 11) is 3.50. The predicted octanol–water partition coefficient (Wildman–Crippen LogP) is 1.96. The smallest absolute Gasteiger partial charge is 0.253 e. The minimum Gasteiger partial charge on any atom is -0.398 e. The number of hydrogen-bond acceptors (Lipinski definition) is 3. The van der Waals surface area contributed by atoms with E-state index in [4.69, 9.17) is 5.73 Å². The summed E-state index contributed by atoms with van der Waals surface area (Å²) in [5, 5.41) is 0. The lowest BCUT2D eigenvalue weighted by Gasteiger charge is -2.27. The predicted molar refractivity (Wildman–Crippen MR) is 78.0 cm³/mol. The summed E-state index contributed by atoms with van der Waals surface area (Å²) in [6.45, 7) is 3.19. The van der Waals surface area contributed by atoms with E-state index < -0.39 is 0 Å². The molecule has 0 atom stereocenters. The topological polar surface area (TPSA) is 49.6 Å². The van der Waals surface area contributed by atoms with Gasteiger partial charge in [0.25, 0.3) is 5.91 Å². The number of benzene rings is 1. The van der Waals surface area contributed by atoms with Crippen LogP contribution in [0.2, 0.25) is 0 Å². The van der Waals surface area contributed by atoms with Crippen LogP contribution in [0.15, 0.2) is 18.2 Å². The average molecular weight is 261 g/mol. The van der Waals surface area contributed by atoms with Crippen LogP contribution < -0.4 is 5.73 Å². The second kappa shape index (κ2) is 6.06. The van der Waals surface area contributed by atoms with Gasteiger partial charge in [-0.15, -0.1) is 0 Å². The van der Waals surface area contributed by atoms with E-state index in [0.29, 0.717) is 5.56 Å². The van der Waals surface area contributed by atoms with Gasteiger partial charge < -0.3 is 10.6 Å². The summed E-state index contributed by atoms with van der Waals surface area (Å²) in [4.78, 5) is 15.9. The zero-order chi connectivity index (χ0) is 13.8. The lowest BCUT2D eigenvalue weighted by molar-refractivity contribution is 0.0827. The Morgan fingerprint density at radius 3 is 2.53 bits per heavy atom. The molecule has 19 heavy (non-hydrogen) atoms. The first-order valence-electron chi connectivity index (χ1n) is 6.90. The maximum Gasteiger partial charge on any atom is 0.253 e. The van der Waals surface area contributed by atoms with Crippen molar-refractivity contribution in [3.05, 3.63) is 29.3 Å². The number of nitrogen functional groups attached to an aromatic ring is 1. The van der Waals surface area contributed by atoms with Gasteiger partial charge >= 0.3 is 0 Å². The molecule has 0 aliphatic carbocycles. The van der Waals surface area contributed by atoms with E-state index in [2.05, 4.69) is 4.90 Å². The number of amides is 1. The van der Waals surface area contributed by atoms with Crippen molar-refractivity contribution in [1.82, 2.24) is 9.80 Å². The molecule has 0 spiro atoms. The van der Waals surface area contributed by atoms with Crippen LogP contribution in [0.4, 0.5) is 5.69 Å². The Morgan fingerprint density at radius 2 is 1.95 bits per heavy atom. The zero-order valence-electron chi connectivity index (χ0n) is 11.9. The molecule has 1 aliphatic rings.